The number of amides is 1. The third-order valence-corrected chi connectivity index (χ3v) is 5.29. The highest BCUT2D eigenvalue weighted by Crippen LogP contribution is 2.35. The van der Waals surface area contributed by atoms with Gasteiger partial charge >= 0.3 is 6.18 Å². The van der Waals surface area contributed by atoms with Crippen molar-refractivity contribution < 1.29 is 22.8 Å². The smallest absolute Gasteiger partial charge is 0.367 e. The first-order chi connectivity index (χ1) is 15.6. The first-order valence-electron chi connectivity index (χ1n) is 10.4. The molecule has 0 atom stereocenters. The second kappa shape index (κ2) is 9.95. The van der Waals surface area contributed by atoms with Crippen LogP contribution in [-0.2, 0) is 12.7 Å². The van der Waals surface area contributed by atoms with Crippen molar-refractivity contribution in [3.63, 3.8) is 0 Å². The minimum Gasteiger partial charge on any atom is -0.367 e. The van der Waals surface area contributed by atoms with E-state index in [9.17, 15) is 18.0 Å². The van der Waals surface area contributed by atoms with Crippen molar-refractivity contribution in [3.05, 3.63) is 65.4 Å². The first kappa shape index (κ1) is 24.1. The average Bonchev–Trinajstić information content (AvgIpc) is 3.24. The number of halogens is 3. The number of rotatable bonds is 7. The van der Waals surface area contributed by atoms with Gasteiger partial charge in [0.15, 0.2) is 5.75 Å². The third kappa shape index (κ3) is 5.64. The van der Waals surface area contributed by atoms with Crippen molar-refractivity contribution in [2.45, 2.75) is 26.6 Å². The van der Waals surface area contributed by atoms with E-state index in [0.717, 1.165) is 42.2 Å². The minimum absolute atomic E-state index is 0.0523. The zero-order valence-electron chi connectivity index (χ0n) is 18.6. The zero-order chi connectivity index (χ0) is 24.2. The number of carbonyl (C=O) groups is 1. The monoisotopic (exact) mass is 461 g/mol. The Balaban J connectivity index is 1.75. The number of benzene rings is 2. The fourth-order valence-corrected chi connectivity index (χ4v) is 3.37. The number of nitrogens with one attached hydrogen (secondary N) is 1. The van der Waals surface area contributed by atoms with E-state index >= 15 is 0 Å². The third-order valence-electron chi connectivity index (χ3n) is 5.29. The van der Waals surface area contributed by atoms with Crippen molar-refractivity contribution in [1.29, 1.82) is 0 Å². The summed E-state index contributed by atoms with van der Waals surface area (Å²) >= 11 is 0. The molecule has 0 aliphatic carbocycles. The zero-order valence-corrected chi connectivity index (χ0v) is 18.6. The molecule has 0 spiro atoms. The first-order valence-corrected chi connectivity index (χ1v) is 10.4. The van der Waals surface area contributed by atoms with Crippen molar-refractivity contribution in [1.82, 2.24) is 14.8 Å². The van der Waals surface area contributed by atoms with Gasteiger partial charge in [0.1, 0.15) is 5.69 Å². The Kier molecular flexibility index (Phi) is 7.27. The van der Waals surface area contributed by atoms with Crippen LogP contribution in [0.4, 0.5) is 13.2 Å². The molecule has 3 rings (SSSR count). The van der Waals surface area contributed by atoms with E-state index < -0.39 is 17.6 Å². The van der Waals surface area contributed by atoms with Gasteiger partial charge in [-0.05, 0) is 54.1 Å². The van der Waals surface area contributed by atoms with E-state index in [1.165, 1.54) is 19.2 Å². The van der Waals surface area contributed by atoms with Gasteiger partial charge in [0.05, 0.1) is 5.56 Å². The summed E-state index contributed by atoms with van der Waals surface area (Å²) in [4.78, 5) is 24.1. The molecule has 10 heteroatoms. The van der Waals surface area contributed by atoms with Gasteiger partial charge in [-0.3, -0.25) is 14.6 Å². The molecule has 2 aromatic carbocycles. The molecule has 33 heavy (non-hydrogen) atoms. The maximum Gasteiger partial charge on any atom is 0.417 e. The van der Waals surface area contributed by atoms with Crippen LogP contribution >= 0.6 is 0 Å². The fraction of sp³-hybridized carbons (Fsp3) is 0.304. The Morgan fingerprint density at radius 3 is 2.48 bits per heavy atom. The van der Waals surface area contributed by atoms with Gasteiger partial charge in [-0.15, -0.1) is 0 Å². The van der Waals surface area contributed by atoms with Crippen LogP contribution in [0.15, 0.2) is 53.7 Å². The number of aromatic nitrogens is 1. The number of fused-ring (bicyclic) bond motifs is 1. The molecule has 0 bridgehead atoms. The number of hydrogen-bond donors (Lipinski definition) is 2. The lowest BCUT2D eigenvalue weighted by atomic mass is 10.1. The molecule has 7 nitrogen and oxygen atoms in total. The quantitative estimate of drug-likeness (QED) is 0.310. The molecule has 3 aromatic rings. The van der Waals surface area contributed by atoms with Gasteiger partial charge in [-0.25, -0.2) is 0 Å². The number of nitrogens with zero attached hydrogens (tertiary/aromatic N) is 3. The van der Waals surface area contributed by atoms with Crippen LogP contribution < -0.4 is 10.6 Å². The number of carbonyl (C=O) groups excluding carboxylic acids is 1. The lowest BCUT2D eigenvalue weighted by Crippen LogP contribution is -2.39. The molecule has 0 saturated heterocycles. The molecular weight excluding hydrogens is 435 g/mol. The molecule has 1 aromatic heterocycles. The van der Waals surface area contributed by atoms with E-state index in [-0.39, 0.29) is 22.6 Å². The van der Waals surface area contributed by atoms with Crippen molar-refractivity contribution >= 4 is 22.8 Å². The Bertz CT molecular complexity index is 1150. The summed E-state index contributed by atoms with van der Waals surface area (Å²) in [7, 11) is 1.36. The highest BCUT2D eigenvalue weighted by Gasteiger charge is 2.33. The number of alkyl halides is 3. The Labute approximate surface area is 189 Å². The number of oxime groups is 1. The number of H-pyrrole nitrogens is 1. The summed E-state index contributed by atoms with van der Waals surface area (Å²) < 4.78 is 39.7. The van der Waals surface area contributed by atoms with Gasteiger partial charge in [0.25, 0.3) is 5.91 Å². The molecule has 176 valence electrons. The fourth-order valence-electron chi connectivity index (χ4n) is 3.37. The van der Waals surface area contributed by atoms with Gasteiger partial charge in [0.2, 0.25) is 5.96 Å². The van der Waals surface area contributed by atoms with Crippen LogP contribution in [0.1, 0.15) is 35.5 Å². The lowest BCUT2D eigenvalue weighted by Gasteiger charge is -2.18. The Morgan fingerprint density at radius 1 is 1.12 bits per heavy atom. The molecule has 0 saturated carbocycles. The van der Waals surface area contributed by atoms with Gasteiger partial charge in [0, 0.05) is 24.5 Å². The molecule has 1 amide bonds. The molecule has 0 aliphatic heterocycles. The average molecular weight is 461 g/mol. The maximum absolute atomic E-state index is 13.2. The summed E-state index contributed by atoms with van der Waals surface area (Å²) in [5.74, 6) is -0.452. The second-order valence-electron chi connectivity index (χ2n) is 7.46. The second-order valence-corrected chi connectivity index (χ2v) is 7.46. The van der Waals surface area contributed by atoms with E-state index in [4.69, 9.17) is 10.6 Å². The topological polar surface area (TPSA) is 86.9 Å². The van der Waals surface area contributed by atoms with Gasteiger partial charge in [-0.2, -0.15) is 13.2 Å². The van der Waals surface area contributed by atoms with Crippen molar-refractivity contribution in [3.8, 4) is 5.75 Å². The van der Waals surface area contributed by atoms with Crippen LogP contribution in [0.25, 0.3) is 10.9 Å². The minimum atomic E-state index is -4.54. The van der Waals surface area contributed by atoms with Crippen LogP contribution in [0, 0.1) is 0 Å². The number of guanidine groups is 1. The maximum atomic E-state index is 13.2. The van der Waals surface area contributed by atoms with Crippen LogP contribution in [0.3, 0.4) is 0 Å². The standard InChI is InChI=1S/C23H26F3N5O2/c1-4-31(5-2)14-15-8-6-9-16(12-15)33-29-22(27)30(3)21(32)20-13-17-18(23(24,25)26)10-7-11-19(17)28-20/h6-13,28H,4-5,14H2,1-3H3,(H2,27,29). The molecule has 1 heterocycles. The Morgan fingerprint density at radius 2 is 1.82 bits per heavy atom. The molecule has 3 N–H and O–H groups in total. The largest absolute Gasteiger partial charge is 0.417 e. The van der Waals surface area contributed by atoms with E-state index in [0.29, 0.717) is 5.75 Å². The number of nitrogens with two attached hydrogens (primary N) is 1. The summed E-state index contributed by atoms with van der Waals surface area (Å²) in [6.45, 7) is 6.75. The Hall–Kier alpha value is -3.53. The normalized spacial score (nSPS) is 12.4. The van der Waals surface area contributed by atoms with Crippen molar-refractivity contribution in [2.24, 2.45) is 10.9 Å². The van der Waals surface area contributed by atoms with Gasteiger partial charge in [-0.1, -0.05) is 32.0 Å². The number of aromatic amines is 1. The summed E-state index contributed by atoms with van der Waals surface area (Å²) in [6, 6.07) is 12.2. The highest BCUT2D eigenvalue weighted by molar-refractivity contribution is 6.06. The summed E-state index contributed by atoms with van der Waals surface area (Å²) in [5, 5.41) is 3.71. The van der Waals surface area contributed by atoms with E-state index in [2.05, 4.69) is 28.9 Å². The summed E-state index contributed by atoms with van der Waals surface area (Å²) in [6.07, 6.45) is -4.54. The predicted octanol–water partition coefficient (Wildman–Crippen LogP) is 4.41. The number of hydrogen-bond acceptors (Lipinski definition) is 4. The molecule has 0 unspecified atom stereocenters. The van der Waals surface area contributed by atoms with Crippen LogP contribution in [0.5, 0.6) is 5.75 Å². The summed E-state index contributed by atoms with van der Waals surface area (Å²) in [5.41, 5.74) is 6.24. The molecule has 0 radical (unpaired) electrons. The molecule has 0 aliphatic rings. The van der Waals surface area contributed by atoms with Crippen LogP contribution in [-0.4, -0.2) is 46.8 Å². The molecular formula is C23H26F3N5O2. The molecule has 0 fully saturated rings. The van der Waals surface area contributed by atoms with Gasteiger partial charge < -0.3 is 15.6 Å². The predicted molar refractivity (Wildman–Crippen MR) is 121 cm³/mol. The lowest BCUT2D eigenvalue weighted by molar-refractivity contribution is -0.136. The van der Waals surface area contributed by atoms with E-state index in [1.807, 2.05) is 18.2 Å². The van der Waals surface area contributed by atoms with E-state index in [1.54, 1.807) is 6.07 Å². The highest BCUT2D eigenvalue weighted by atomic mass is 19.4. The van der Waals surface area contributed by atoms with Crippen LogP contribution in [0.2, 0.25) is 0 Å². The van der Waals surface area contributed by atoms with Crippen molar-refractivity contribution in [2.75, 3.05) is 20.1 Å². The SMILES string of the molecule is CCN(CC)Cc1cccc(ON=C(N)N(C)C(=O)c2cc3c(C(F)(F)F)cccc3[nH]2)c1.